The van der Waals surface area contributed by atoms with Gasteiger partial charge >= 0.3 is 5.97 Å². The van der Waals surface area contributed by atoms with Crippen LogP contribution >= 0.6 is 11.6 Å². The Morgan fingerprint density at radius 3 is 2.96 bits per heavy atom. The molecule has 1 aromatic carbocycles. The van der Waals surface area contributed by atoms with Crippen LogP contribution in [0.1, 0.15) is 31.5 Å². The van der Waals surface area contributed by atoms with Crippen LogP contribution < -0.4 is 10.1 Å². The third kappa shape index (κ3) is 3.49. The zero-order valence-electron chi connectivity index (χ0n) is 15.6. The number of carboxylic acid groups (broad SMARTS) is 1. The highest BCUT2D eigenvalue weighted by molar-refractivity contribution is 6.31. The maximum absolute atomic E-state index is 11.5. The quantitative estimate of drug-likeness (QED) is 0.589. The molecule has 0 saturated carbocycles. The molecule has 8 heteroatoms. The molecule has 146 valence electrons. The third-order valence-electron chi connectivity index (χ3n) is 4.88. The summed E-state index contributed by atoms with van der Waals surface area (Å²) in [7, 11) is 0. The van der Waals surface area contributed by atoms with Gasteiger partial charge < -0.3 is 20.1 Å². The zero-order chi connectivity index (χ0) is 19.8. The van der Waals surface area contributed by atoms with Crippen molar-refractivity contribution in [2.24, 2.45) is 5.92 Å². The van der Waals surface area contributed by atoms with E-state index in [0.717, 1.165) is 16.6 Å². The van der Waals surface area contributed by atoms with Crippen molar-refractivity contribution in [3.63, 3.8) is 0 Å². The number of hydrogen-bond acceptors (Lipinski definition) is 5. The van der Waals surface area contributed by atoms with Gasteiger partial charge in [0.25, 0.3) is 0 Å². The van der Waals surface area contributed by atoms with Crippen molar-refractivity contribution in [1.29, 1.82) is 0 Å². The molecule has 3 aromatic rings. The summed E-state index contributed by atoms with van der Waals surface area (Å²) in [6.45, 7) is 3.91. The van der Waals surface area contributed by atoms with Crippen LogP contribution in [0.5, 0.6) is 5.75 Å². The number of anilines is 2. The molecule has 28 heavy (non-hydrogen) atoms. The standard InChI is InChI=1S/C20H21ClN4O3/c1-10(2)28-16-6-4-12(21)8-15(16)25-19-17-13-7-11(20(26)27)3-5-14(13)24-18(17)22-9-23-19/h4,6,8-11H,3,5,7H2,1-2H3,(H,26,27)(H2,22,23,24,25)/t11-/m0/s1. The van der Waals surface area contributed by atoms with Gasteiger partial charge in [0.15, 0.2) is 0 Å². The highest BCUT2D eigenvalue weighted by atomic mass is 35.5. The number of benzene rings is 1. The smallest absolute Gasteiger partial charge is 0.306 e. The summed E-state index contributed by atoms with van der Waals surface area (Å²) in [5.74, 6) is 0.0998. The lowest BCUT2D eigenvalue weighted by molar-refractivity contribution is -0.142. The topological polar surface area (TPSA) is 100 Å². The minimum absolute atomic E-state index is 0.00323. The fourth-order valence-corrected chi connectivity index (χ4v) is 3.80. The lowest BCUT2D eigenvalue weighted by atomic mass is 9.86. The van der Waals surface area contributed by atoms with Crippen LogP contribution in [0.4, 0.5) is 11.5 Å². The van der Waals surface area contributed by atoms with Crippen molar-refractivity contribution >= 4 is 40.1 Å². The van der Waals surface area contributed by atoms with E-state index in [2.05, 4.69) is 20.3 Å². The zero-order valence-corrected chi connectivity index (χ0v) is 16.4. The molecule has 1 aliphatic carbocycles. The number of halogens is 1. The molecule has 3 N–H and O–H groups in total. The predicted octanol–water partition coefficient (Wildman–Crippen LogP) is 4.33. The SMILES string of the molecule is CC(C)Oc1ccc(Cl)cc1Nc1ncnc2[nH]c3c(c12)C[C@@H](C(=O)O)CC3. The lowest BCUT2D eigenvalue weighted by Gasteiger charge is -2.19. The number of rotatable bonds is 5. The summed E-state index contributed by atoms with van der Waals surface area (Å²) in [4.78, 5) is 23.6. The van der Waals surface area contributed by atoms with E-state index in [-0.39, 0.29) is 6.10 Å². The van der Waals surface area contributed by atoms with E-state index in [1.807, 2.05) is 19.9 Å². The van der Waals surface area contributed by atoms with Gasteiger partial charge in [-0.1, -0.05) is 11.6 Å². The van der Waals surface area contributed by atoms with Crippen LogP contribution in [0.2, 0.25) is 5.02 Å². The Bertz CT molecular complexity index is 1050. The maximum Gasteiger partial charge on any atom is 0.306 e. The first-order valence-corrected chi connectivity index (χ1v) is 9.60. The average Bonchev–Trinajstić information content (AvgIpc) is 3.02. The molecule has 7 nitrogen and oxygen atoms in total. The van der Waals surface area contributed by atoms with E-state index >= 15 is 0 Å². The predicted molar refractivity (Wildman–Crippen MR) is 108 cm³/mol. The molecular weight excluding hydrogens is 380 g/mol. The van der Waals surface area contributed by atoms with Crippen LogP contribution in [0.3, 0.4) is 0 Å². The van der Waals surface area contributed by atoms with Gasteiger partial charge in [0.1, 0.15) is 23.5 Å². The minimum atomic E-state index is -0.770. The molecule has 0 bridgehead atoms. The Morgan fingerprint density at radius 1 is 1.39 bits per heavy atom. The summed E-state index contributed by atoms with van der Waals surface area (Å²) in [6.07, 6.45) is 3.24. The van der Waals surface area contributed by atoms with Crippen molar-refractivity contribution in [3.05, 3.63) is 40.8 Å². The number of fused-ring (bicyclic) bond motifs is 3. The number of nitrogens with one attached hydrogen (secondary N) is 2. The van der Waals surface area contributed by atoms with Crippen LogP contribution in [0, 0.1) is 5.92 Å². The van der Waals surface area contributed by atoms with Crippen molar-refractivity contribution in [3.8, 4) is 5.75 Å². The molecule has 4 rings (SSSR count). The van der Waals surface area contributed by atoms with Crippen molar-refractivity contribution < 1.29 is 14.6 Å². The summed E-state index contributed by atoms with van der Waals surface area (Å²) < 4.78 is 5.88. The second-order valence-corrected chi connectivity index (χ2v) is 7.67. The highest BCUT2D eigenvalue weighted by Gasteiger charge is 2.29. The number of aromatic amines is 1. The molecule has 1 atom stereocenters. The van der Waals surface area contributed by atoms with Gasteiger partial charge in [-0.2, -0.15) is 0 Å². The van der Waals surface area contributed by atoms with Gasteiger partial charge in [-0.25, -0.2) is 9.97 Å². The molecule has 0 spiro atoms. The van der Waals surface area contributed by atoms with E-state index in [4.69, 9.17) is 16.3 Å². The molecule has 0 aliphatic heterocycles. The Balaban J connectivity index is 1.78. The number of carboxylic acids is 1. The van der Waals surface area contributed by atoms with Crippen LogP contribution in [0.15, 0.2) is 24.5 Å². The number of carbonyl (C=O) groups is 1. The van der Waals surface area contributed by atoms with Gasteiger partial charge in [-0.05, 0) is 56.9 Å². The molecule has 2 heterocycles. The van der Waals surface area contributed by atoms with Gasteiger partial charge in [-0.15, -0.1) is 0 Å². The van der Waals surface area contributed by atoms with Crippen LogP contribution in [-0.2, 0) is 17.6 Å². The van der Waals surface area contributed by atoms with Gasteiger partial charge in [0.05, 0.1) is 23.1 Å². The first-order chi connectivity index (χ1) is 13.4. The first-order valence-electron chi connectivity index (χ1n) is 9.23. The van der Waals surface area contributed by atoms with Gasteiger partial charge in [0.2, 0.25) is 0 Å². The number of aliphatic carboxylic acids is 1. The summed E-state index contributed by atoms with van der Waals surface area (Å²) >= 11 is 6.19. The maximum atomic E-state index is 11.5. The lowest BCUT2D eigenvalue weighted by Crippen LogP contribution is -2.21. The molecular formula is C20H21ClN4O3. The molecule has 0 unspecified atom stereocenters. The van der Waals surface area contributed by atoms with E-state index in [0.29, 0.717) is 47.2 Å². The Kier molecular flexibility index (Phi) is 4.85. The Morgan fingerprint density at radius 2 is 2.21 bits per heavy atom. The fourth-order valence-electron chi connectivity index (χ4n) is 3.63. The normalized spacial score (nSPS) is 16.2. The third-order valence-corrected chi connectivity index (χ3v) is 5.12. The summed E-state index contributed by atoms with van der Waals surface area (Å²) in [5, 5.41) is 14.1. The number of aromatic nitrogens is 3. The highest BCUT2D eigenvalue weighted by Crippen LogP contribution is 2.37. The van der Waals surface area contributed by atoms with Crippen molar-refractivity contribution in [1.82, 2.24) is 15.0 Å². The largest absolute Gasteiger partial charge is 0.489 e. The van der Waals surface area contributed by atoms with E-state index in [9.17, 15) is 9.90 Å². The van der Waals surface area contributed by atoms with Crippen molar-refractivity contribution in [2.45, 2.75) is 39.2 Å². The van der Waals surface area contributed by atoms with Crippen LogP contribution in [0.25, 0.3) is 11.0 Å². The minimum Gasteiger partial charge on any atom is -0.489 e. The molecule has 0 radical (unpaired) electrons. The van der Waals surface area contributed by atoms with Gasteiger partial charge in [0, 0.05) is 10.7 Å². The molecule has 0 amide bonds. The van der Waals surface area contributed by atoms with Crippen molar-refractivity contribution in [2.75, 3.05) is 5.32 Å². The van der Waals surface area contributed by atoms with Gasteiger partial charge in [-0.3, -0.25) is 4.79 Å². The summed E-state index contributed by atoms with van der Waals surface area (Å²) in [5.41, 5.74) is 3.38. The molecule has 0 fully saturated rings. The monoisotopic (exact) mass is 400 g/mol. The second-order valence-electron chi connectivity index (χ2n) is 7.24. The van der Waals surface area contributed by atoms with E-state index in [1.54, 1.807) is 12.1 Å². The molecule has 2 aromatic heterocycles. The number of aryl methyl sites for hydroxylation is 1. The molecule has 1 aliphatic rings. The number of ether oxygens (including phenoxy) is 1. The first kappa shape index (κ1) is 18.6. The number of hydrogen-bond donors (Lipinski definition) is 3. The van der Waals surface area contributed by atoms with E-state index < -0.39 is 11.9 Å². The average molecular weight is 401 g/mol. The van der Waals surface area contributed by atoms with E-state index in [1.165, 1.54) is 6.33 Å². The Labute approximate surface area is 167 Å². The fraction of sp³-hybridized carbons (Fsp3) is 0.350. The summed E-state index contributed by atoms with van der Waals surface area (Å²) in [6, 6.07) is 5.37. The number of H-pyrrole nitrogens is 1. The van der Waals surface area contributed by atoms with Crippen LogP contribution in [-0.4, -0.2) is 32.1 Å². The number of nitrogens with zero attached hydrogens (tertiary/aromatic N) is 2. The second kappa shape index (κ2) is 7.31. The molecule has 0 saturated heterocycles. The Hall–Kier alpha value is -2.80.